The first kappa shape index (κ1) is 33.7. The number of amides is 1. The van der Waals surface area contributed by atoms with Crippen LogP contribution in [-0.4, -0.2) is 47.8 Å². The van der Waals surface area contributed by atoms with Crippen LogP contribution in [0.3, 0.4) is 0 Å². The molecule has 0 aliphatic heterocycles. The molecule has 0 fully saturated rings. The molecule has 1 N–H and O–H groups in total. The lowest BCUT2D eigenvalue weighted by Gasteiger charge is -2.32. The van der Waals surface area contributed by atoms with Crippen molar-refractivity contribution < 1.29 is 27.3 Å². The van der Waals surface area contributed by atoms with Gasteiger partial charge in [0.15, 0.2) is 16.6 Å². The monoisotopic (exact) mass is 545 g/mol. The van der Waals surface area contributed by atoms with Crippen LogP contribution in [-0.2, 0) is 27.3 Å². The van der Waals surface area contributed by atoms with Crippen molar-refractivity contribution in [2.75, 3.05) is 13.3 Å². The van der Waals surface area contributed by atoms with Crippen LogP contribution in [0.5, 0.6) is 0 Å². The van der Waals surface area contributed by atoms with Crippen molar-refractivity contribution in [3.05, 3.63) is 34.9 Å². The molecule has 0 radical (unpaired) electrons. The lowest BCUT2D eigenvalue weighted by Crippen LogP contribution is -2.45. The van der Waals surface area contributed by atoms with Crippen molar-refractivity contribution in [3.8, 4) is 0 Å². The highest BCUT2D eigenvalue weighted by atomic mass is 31.2. The van der Waals surface area contributed by atoms with E-state index in [2.05, 4.69) is 38.2 Å². The maximum absolute atomic E-state index is 13.6. The Hall–Kier alpha value is -1.26. The molecule has 0 heterocycles. The molecule has 7 nitrogen and oxygen atoms in total. The molecule has 10 heteroatoms. The van der Waals surface area contributed by atoms with E-state index in [0.29, 0.717) is 0 Å². The summed E-state index contributed by atoms with van der Waals surface area (Å²) in [6.07, 6.45) is 9.26. The molecule has 0 spiro atoms. The van der Waals surface area contributed by atoms with Gasteiger partial charge in [0.25, 0.3) is 0 Å². The molecular formula is C25H48NO6PSi2. The molecule has 0 bridgehead atoms. The van der Waals surface area contributed by atoms with Gasteiger partial charge in [0.2, 0.25) is 5.91 Å². The topological polar surface area (TPSA) is 90.9 Å². The van der Waals surface area contributed by atoms with Gasteiger partial charge in [-0.05, 0) is 92.7 Å². The predicted octanol–water partition coefficient (Wildman–Crippen LogP) is 6.96. The number of carbonyl (C=O) groups excluding carboxylic acids is 2. The molecule has 0 aromatic rings. The van der Waals surface area contributed by atoms with Crippen LogP contribution < -0.4 is 5.32 Å². The molecule has 202 valence electrons. The highest BCUT2D eigenvalue weighted by Crippen LogP contribution is 2.53. The molecule has 35 heavy (non-hydrogen) atoms. The fourth-order valence-corrected chi connectivity index (χ4v) is 11.7. The molecule has 0 aromatic heterocycles. The first-order chi connectivity index (χ1) is 15.9. The van der Waals surface area contributed by atoms with E-state index in [9.17, 15) is 14.2 Å². The van der Waals surface area contributed by atoms with E-state index in [-0.39, 0.29) is 6.16 Å². The molecule has 1 amide bonds. The Kier molecular flexibility index (Phi) is 14.6. The number of esters is 1. The first-order valence-electron chi connectivity index (χ1n) is 12.2. The summed E-state index contributed by atoms with van der Waals surface area (Å²) in [7, 11) is -6.93. The summed E-state index contributed by atoms with van der Waals surface area (Å²) < 4.78 is 30.4. The molecule has 0 unspecified atom stereocenters. The number of nitrogens with one attached hydrogen (secondary N) is 1. The van der Waals surface area contributed by atoms with E-state index in [1.807, 2.05) is 46.2 Å². The Morgan fingerprint density at radius 1 is 0.857 bits per heavy atom. The van der Waals surface area contributed by atoms with Crippen molar-refractivity contribution in [1.82, 2.24) is 5.32 Å². The van der Waals surface area contributed by atoms with Crippen molar-refractivity contribution in [1.29, 1.82) is 0 Å². The zero-order valence-electron chi connectivity index (χ0n) is 23.7. The van der Waals surface area contributed by atoms with E-state index in [1.165, 1.54) is 24.3 Å². The molecule has 0 saturated carbocycles. The number of carbonyl (C=O) groups is 2. The SMILES string of the molecule is COC(=O)[C@@H](CP(=O)(O[Si](C)(C)C)O[Si](C)(C)C)NC(=O)/C=C(\C)CC/C=C(\C)CCC=C(C)C. The van der Waals surface area contributed by atoms with Gasteiger partial charge >= 0.3 is 13.6 Å². The van der Waals surface area contributed by atoms with Gasteiger partial charge in [0.1, 0.15) is 6.04 Å². The van der Waals surface area contributed by atoms with Gasteiger partial charge in [-0.1, -0.05) is 28.9 Å². The molecule has 0 rings (SSSR count). The zero-order chi connectivity index (χ0) is 27.4. The minimum atomic E-state index is -3.65. The Balaban J connectivity index is 5.32. The number of hydrogen-bond donors (Lipinski definition) is 1. The Bertz CT molecular complexity index is 829. The summed E-state index contributed by atoms with van der Waals surface area (Å²) in [5.74, 6) is -1.12. The molecular weight excluding hydrogens is 497 g/mol. The van der Waals surface area contributed by atoms with Crippen LogP contribution in [0, 0.1) is 0 Å². The molecule has 0 aliphatic rings. The van der Waals surface area contributed by atoms with Crippen LogP contribution in [0.2, 0.25) is 39.3 Å². The summed E-state index contributed by atoms with van der Waals surface area (Å²) in [6, 6.07) is -1.13. The number of allylic oxidation sites excluding steroid dienone is 5. The Labute approximate surface area is 215 Å². The lowest BCUT2D eigenvalue weighted by molar-refractivity contribution is -0.144. The molecule has 1 atom stereocenters. The van der Waals surface area contributed by atoms with E-state index in [0.717, 1.165) is 31.3 Å². The maximum Gasteiger partial charge on any atom is 0.329 e. The summed E-state index contributed by atoms with van der Waals surface area (Å²) >= 11 is 0. The fraction of sp³-hybridized carbons (Fsp3) is 0.680. The average Bonchev–Trinajstić information content (AvgIpc) is 2.63. The van der Waals surface area contributed by atoms with Crippen LogP contribution in [0.25, 0.3) is 0 Å². The predicted molar refractivity (Wildman–Crippen MR) is 151 cm³/mol. The normalized spacial score (nSPS) is 14.4. The molecule has 0 aliphatic carbocycles. The third-order valence-electron chi connectivity index (χ3n) is 4.53. The van der Waals surface area contributed by atoms with E-state index in [4.69, 9.17) is 13.2 Å². The molecule has 0 aromatic carbocycles. The van der Waals surface area contributed by atoms with Crippen LogP contribution >= 0.6 is 7.60 Å². The van der Waals surface area contributed by atoms with Crippen molar-refractivity contribution >= 4 is 36.1 Å². The minimum absolute atomic E-state index is 0.263. The molecule has 0 saturated heterocycles. The summed E-state index contributed by atoms with van der Waals surface area (Å²) in [5.41, 5.74) is 3.54. The van der Waals surface area contributed by atoms with Crippen LogP contribution in [0.4, 0.5) is 0 Å². The minimum Gasteiger partial charge on any atom is -0.467 e. The summed E-state index contributed by atoms with van der Waals surface area (Å²) in [5, 5.41) is 2.65. The third-order valence-corrected chi connectivity index (χ3v) is 12.0. The Morgan fingerprint density at radius 3 is 1.80 bits per heavy atom. The Morgan fingerprint density at radius 2 is 1.34 bits per heavy atom. The quantitative estimate of drug-likeness (QED) is 0.0786. The summed E-state index contributed by atoms with van der Waals surface area (Å²) in [4.78, 5) is 25.1. The van der Waals surface area contributed by atoms with Gasteiger partial charge in [0, 0.05) is 6.08 Å². The second-order valence-electron chi connectivity index (χ2n) is 11.2. The van der Waals surface area contributed by atoms with Gasteiger partial charge in [-0.25, -0.2) is 4.79 Å². The standard InChI is InChI=1S/C25H48NO6PSi2/c1-20(2)14-12-15-21(3)16-13-17-22(4)18-24(27)26-23(25(28)30-5)19-33(29,31-34(6,7)8)32-35(9,10)11/h14,16,18,23H,12-13,15,17,19H2,1-11H3,(H,26,27)/b21-16+,22-18+/t23-/m1/s1. The lowest BCUT2D eigenvalue weighted by atomic mass is 10.1. The van der Waals surface area contributed by atoms with Crippen molar-refractivity contribution in [2.24, 2.45) is 0 Å². The third kappa shape index (κ3) is 17.8. The maximum atomic E-state index is 13.6. The largest absolute Gasteiger partial charge is 0.467 e. The van der Waals surface area contributed by atoms with E-state index in [1.54, 1.807) is 0 Å². The highest BCUT2D eigenvalue weighted by Gasteiger charge is 2.41. The van der Waals surface area contributed by atoms with Crippen molar-refractivity contribution in [2.45, 2.75) is 98.7 Å². The second-order valence-corrected chi connectivity index (χ2v) is 22.7. The second kappa shape index (κ2) is 15.1. The fourth-order valence-electron chi connectivity index (χ4n) is 3.22. The van der Waals surface area contributed by atoms with Gasteiger partial charge in [0.05, 0.1) is 13.3 Å². The number of rotatable bonds is 15. The zero-order valence-corrected chi connectivity index (χ0v) is 26.6. The number of ether oxygens (including phenoxy) is 1. The van der Waals surface area contributed by atoms with Crippen LogP contribution in [0.15, 0.2) is 34.9 Å². The number of methoxy groups -OCH3 is 1. The van der Waals surface area contributed by atoms with E-state index < -0.39 is 42.1 Å². The van der Waals surface area contributed by atoms with Gasteiger partial charge in [-0.2, -0.15) is 0 Å². The van der Waals surface area contributed by atoms with Gasteiger partial charge in [-0.3, -0.25) is 9.36 Å². The smallest absolute Gasteiger partial charge is 0.329 e. The van der Waals surface area contributed by atoms with Gasteiger partial charge < -0.3 is 18.5 Å². The van der Waals surface area contributed by atoms with E-state index >= 15 is 0 Å². The van der Waals surface area contributed by atoms with Crippen molar-refractivity contribution in [3.63, 3.8) is 0 Å². The van der Waals surface area contributed by atoms with Crippen LogP contribution in [0.1, 0.15) is 53.4 Å². The number of hydrogen-bond acceptors (Lipinski definition) is 6. The summed E-state index contributed by atoms with van der Waals surface area (Å²) in [6.45, 7) is 19.6. The highest BCUT2D eigenvalue weighted by molar-refractivity contribution is 7.57. The average molecular weight is 546 g/mol. The first-order valence-corrected chi connectivity index (χ1v) is 20.8. The van der Waals surface area contributed by atoms with Gasteiger partial charge in [-0.15, -0.1) is 0 Å².